The minimum atomic E-state index is 0.541. The van der Waals surface area contributed by atoms with Crippen LogP contribution in [0.4, 0.5) is 11.6 Å². The zero-order chi connectivity index (χ0) is 25.2. The Morgan fingerprint density at radius 3 is 2.54 bits per heavy atom. The number of benzene rings is 2. The second-order valence-electron chi connectivity index (χ2n) is 9.68. The number of H-pyrrole nitrogens is 1. The second kappa shape index (κ2) is 10.1. The zero-order valence-electron chi connectivity index (χ0n) is 21.1. The van der Waals surface area contributed by atoms with Gasteiger partial charge in [0, 0.05) is 68.1 Å². The molecule has 186 valence electrons. The Bertz CT molecular complexity index is 1500. The topological polar surface area (TPSA) is 85.9 Å². The molecule has 1 fully saturated rings. The van der Waals surface area contributed by atoms with Crippen molar-refractivity contribution in [3.8, 4) is 22.6 Å². The smallest absolute Gasteiger partial charge is 0.227 e. The van der Waals surface area contributed by atoms with Gasteiger partial charge in [0.1, 0.15) is 5.82 Å². The molecule has 1 aliphatic rings. The van der Waals surface area contributed by atoms with Crippen molar-refractivity contribution < 1.29 is 0 Å². The van der Waals surface area contributed by atoms with Crippen LogP contribution in [0, 0.1) is 6.92 Å². The number of anilines is 2. The van der Waals surface area contributed by atoms with Crippen molar-refractivity contribution in [1.82, 2.24) is 34.7 Å². The molecule has 0 amide bonds. The average Bonchev–Trinajstić information content (AvgIpc) is 3.34. The Hall–Kier alpha value is -4.14. The Morgan fingerprint density at radius 1 is 0.919 bits per heavy atom. The van der Waals surface area contributed by atoms with Gasteiger partial charge < -0.3 is 15.2 Å². The monoisotopic (exact) mass is 490 g/mol. The van der Waals surface area contributed by atoms with Crippen LogP contribution in [0.3, 0.4) is 0 Å². The minimum Gasteiger partial charge on any atom is -0.338 e. The number of hydrogen-bond donors (Lipinski definition) is 2. The van der Waals surface area contributed by atoms with Crippen LogP contribution < -0.4 is 5.32 Å². The molecule has 0 unspecified atom stereocenters. The Balaban J connectivity index is 1.20. The summed E-state index contributed by atoms with van der Waals surface area (Å²) >= 11 is 0. The standard InChI is InChI=1S/C29H30N8/c1-20-16-26-27(17-25(20)35-29-31-11-9-24(34-29)23-4-3-10-30-18-23)33-28(32-26)22-7-5-21(6-8-22)19-37-14-12-36(2)13-15-37/h3-11,16-18H,12-15,19H2,1-2H3,(H,32,33)(H,31,34,35). The number of pyridine rings is 1. The maximum absolute atomic E-state index is 4.86. The summed E-state index contributed by atoms with van der Waals surface area (Å²) in [5.74, 6) is 1.41. The van der Waals surface area contributed by atoms with Crippen molar-refractivity contribution in [2.24, 2.45) is 0 Å². The molecule has 0 saturated carbocycles. The fourth-order valence-corrected chi connectivity index (χ4v) is 4.68. The molecule has 1 aliphatic heterocycles. The van der Waals surface area contributed by atoms with Crippen LogP contribution in [0.1, 0.15) is 11.1 Å². The molecule has 37 heavy (non-hydrogen) atoms. The molecule has 0 atom stereocenters. The van der Waals surface area contributed by atoms with Crippen LogP contribution in [-0.4, -0.2) is 67.9 Å². The number of hydrogen-bond acceptors (Lipinski definition) is 7. The number of piperazine rings is 1. The molecule has 3 aromatic heterocycles. The highest BCUT2D eigenvalue weighted by Gasteiger charge is 2.14. The fourth-order valence-electron chi connectivity index (χ4n) is 4.68. The molecule has 2 aromatic carbocycles. The third-order valence-corrected chi connectivity index (χ3v) is 6.92. The number of nitrogens with one attached hydrogen (secondary N) is 2. The Kier molecular flexibility index (Phi) is 6.34. The number of likely N-dealkylation sites (N-methyl/N-ethyl adjacent to an activating group) is 1. The molecule has 0 spiro atoms. The van der Waals surface area contributed by atoms with Gasteiger partial charge in [0.25, 0.3) is 0 Å². The van der Waals surface area contributed by atoms with E-state index in [4.69, 9.17) is 4.98 Å². The van der Waals surface area contributed by atoms with Gasteiger partial charge in [0.2, 0.25) is 5.95 Å². The molecule has 0 aliphatic carbocycles. The molecule has 1 saturated heterocycles. The summed E-state index contributed by atoms with van der Waals surface area (Å²) in [5.41, 5.74) is 8.10. The van der Waals surface area contributed by atoms with Crippen LogP contribution in [-0.2, 0) is 6.54 Å². The summed E-state index contributed by atoms with van der Waals surface area (Å²) < 4.78 is 0. The van der Waals surface area contributed by atoms with E-state index in [-0.39, 0.29) is 0 Å². The van der Waals surface area contributed by atoms with Crippen molar-refractivity contribution >= 4 is 22.7 Å². The van der Waals surface area contributed by atoms with E-state index in [0.717, 1.165) is 77.7 Å². The van der Waals surface area contributed by atoms with Crippen molar-refractivity contribution in [2.45, 2.75) is 13.5 Å². The molecule has 6 rings (SSSR count). The summed E-state index contributed by atoms with van der Waals surface area (Å²) in [6, 6.07) is 18.7. The number of aryl methyl sites for hydroxylation is 1. The molecule has 8 heteroatoms. The highest BCUT2D eigenvalue weighted by Crippen LogP contribution is 2.28. The van der Waals surface area contributed by atoms with Gasteiger partial charge in [-0.15, -0.1) is 0 Å². The predicted molar refractivity (Wildman–Crippen MR) is 148 cm³/mol. The largest absolute Gasteiger partial charge is 0.338 e. The van der Waals surface area contributed by atoms with Gasteiger partial charge in [-0.1, -0.05) is 24.3 Å². The van der Waals surface area contributed by atoms with Crippen molar-refractivity contribution in [1.29, 1.82) is 0 Å². The highest BCUT2D eigenvalue weighted by atomic mass is 15.2. The summed E-state index contributed by atoms with van der Waals surface area (Å²) in [6.07, 6.45) is 5.31. The SMILES string of the molecule is Cc1cc2nc(-c3ccc(CN4CCN(C)CC4)cc3)[nH]c2cc1Nc1nccc(-c2cccnc2)n1. The predicted octanol–water partition coefficient (Wildman–Crippen LogP) is 4.88. The van der Waals surface area contributed by atoms with Gasteiger partial charge in [-0.05, 0) is 55.4 Å². The number of imidazole rings is 1. The van der Waals surface area contributed by atoms with Gasteiger partial charge in [-0.25, -0.2) is 15.0 Å². The Labute approximate surface area is 216 Å². The molecular weight excluding hydrogens is 460 g/mol. The molecule has 4 heterocycles. The van der Waals surface area contributed by atoms with Gasteiger partial charge in [-0.3, -0.25) is 9.88 Å². The van der Waals surface area contributed by atoms with E-state index >= 15 is 0 Å². The third kappa shape index (κ3) is 5.21. The lowest BCUT2D eigenvalue weighted by Crippen LogP contribution is -2.43. The minimum absolute atomic E-state index is 0.541. The van der Waals surface area contributed by atoms with E-state index in [0.29, 0.717) is 5.95 Å². The van der Waals surface area contributed by atoms with Crippen molar-refractivity contribution in [2.75, 3.05) is 38.5 Å². The van der Waals surface area contributed by atoms with Crippen molar-refractivity contribution in [3.63, 3.8) is 0 Å². The van der Waals surface area contributed by atoms with E-state index in [9.17, 15) is 0 Å². The van der Waals surface area contributed by atoms with E-state index in [2.05, 4.69) is 85.4 Å². The van der Waals surface area contributed by atoms with Gasteiger partial charge in [0.15, 0.2) is 0 Å². The third-order valence-electron chi connectivity index (χ3n) is 6.92. The van der Waals surface area contributed by atoms with E-state index in [1.54, 1.807) is 18.6 Å². The first kappa shape index (κ1) is 23.3. The summed E-state index contributed by atoms with van der Waals surface area (Å²) in [5, 5.41) is 3.37. The summed E-state index contributed by atoms with van der Waals surface area (Å²) in [4.78, 5) is 26.5. The first-order chi connectivity index (χ1) is 18.1. The van der Waals surface area contributed by atoms with E-state index in [1.807, 2.05) is 18.2 Å². The average molecular weight is 491 g/mol. The van der Waals surface area contributed by atoms with Gasteiger partial charge in [-0.2, -0.15) is 0 Å². The normalized spacial score (nSPS) is 14.8. The highest BCUT2D eigenvalue weighted by molar-refractivity contribution is 5.85. The van der Waals surface area contributed by atoms with E-state index < -0.39 is 0 Å². The van der Waals surface area contributed by atoms with Crippen LogP contribution in [0.5, 0.6) is 0 Å². The lowest BCUT2D eigenvalue weighted by atomic mass is 10.1. The van der Waals surface area contributed by atoms with Crippen LogP contribution >= 0.6 is 0 Å². The number of aromatic amines is 1. The number of aromatic nitrogens is 5. The lowest BCUT2D eigenvalue weighted by molar-refractivity contribution is 0.148. The number of rotatable bonds is 6. The van der Waals surface area contributed by atoms with Gasteiger partial charge >= 0.3 is 0 Å². The molecule has 8 nitrogen and oxygen atoms in total. The van der Waals surface area contributed by atoms with Crippen LogP contribution in [0.2, 0.25) is 0 Å². The van der Waals surface area contributed by atoms with Crippen LogP contribution in [0.15, 0.2) is 73.2 Å². The molecule has 2 N–H and O–H groups in total. The molecule has 0 bridgehead atoms. The summed E-state index contributed by atoms with van der Waals surface area (Å²) in [6.45, 7) is 7.57. The Morgan fingerprint density at radius 2 is 1.76 bits per heavy atom. The maximum Gasteiger partial charge on any atom is 0.227 e. The summed E-state index contributed by atoms with van der Waals surface area (Å²) in [7, 11) is 2.19. The first-order valence-electron chi connectivity index (χ1n) is 12.6. The zero-order valence-corrected chi connectivity index (χ0v) is 21.1. The molecular formula is C29H30N8. The maximum atomic E-state index is 4.86. The molecule has 5 aromatic rings. The lowest BCUT2D eigenvalue weighted by Gasteiger charge is -2.32. The number of fused-ring (bicyclic) bond motifs is 1. The number of nitrogens with zero attached hydrogens (tertiary/aromatic N) is 6. The molecule has 0 radical (unpaired) electrons. The van der Waals surface area contributed by atoms with E-state index in [1.165, 1.54) is 5.56 Å². The van der Waals surface area contributed by atoms with Crippen molar-refractivity contribution in [3.05, 3.63) is 84.3 Å². The quantitative estimate of drug-likeness (QED) is 0.351. The second-order valence-corrected chi connectivity index (χ2v) is 9.68. The first-order valence-corrected chi connectivity index (χ1v) is 12.6. The van der Waals surface area contributed by atoms with Gasteiger partial charge in [0.05, 0.1) is 16.7 Å². The fraction of sp³-hybridized carbons (Fsp3) is 0.241. The van der Waals surface area contributed by atoms with Crippen LogP contribution in [0.25, 0.3) is 33.7 Å².